The van der Waals surface area contributed by atoms with Gasteiger partial charge in [0.05, 0.1) is 0 Å². The number of aliphatic carboxylic acids is 1. The number of benzene rings is 2. The number of nitrogens with one attached hydrogen (secondary N) is 1. The molecule has 1 aliphatic carbocycles. The topological polar surface area (TPSA) is 99.2 Å². The Balaban J connectivity index is 1.39. The fourth-order valence-corrected chi connectivity index (χ4v) is 5.13. The van der Waals surface area contributed by atoms with Crippen LogP contribution in [0.5, 0.6) is 0 Å². The third kappa shape index (κ3) is 5.65. The number of carboxylic acids is 1. The first kappa shape index (κ1) is 24.7. The number of nitrogens with zero attached hydrogens (tertiary/aromatic N) is 2. The van der Waals surface area contributed by atoms with Gasteiger partial charge in [0.15, 0.2) is 0 Å². The molecule has 1 heterocycles. The maximum absolute atomic E-state index is 13.2. The summed E-state index contributed by atoms with van der Waals surface area (Å²) in [5, 5.41) is 11.8. The predicted molar refractivity (Wildman–Crippen MR) is 132 cm³/mol. The molecule has 1 atom stereocenters. The van der Waals surface area contributed by atoms with Gasteiger partial charge in [-0.3, -0.25) is 9.59 Å². The highest BCUT2D eigenvalue weighted by Crippen LogP contribution is 2.44. The van der Waals surface area contributed by atoms with Crippen LogP contribution in [-0.2, 0) is 14.3 Å². The Bertz CT molecular complexity index is 1030. The maximum atomic E-state index is 13.2. The van der Waals surface area contributed by atoms with E-state index >= 15 is 0 Å². The second kappa shape index (κ2) is 10.9. The minimum absolute atomic E-state index is 0.0198. The Morgan fingerprint density at radius 2 is 1.60 bits per heavy atom. The number of fused-ring (bicyclic) bond motifs is 3. The molecular formula is C27H33N3O5. The minimum atomic E-state index is -1.01. The summed E-state index contributed by atoms with van der Waals surface area (Å²) in [5.74, 6) is -1.35. The normalized spacial score (nSPS) is 16.5. The van der Waals surface area contributed by atoms with Crippen LogP contribution in [-0.4, -0.2) is 78.8 Å². The van der Waals surface area contributed by atoms with E-state index in [2.05, 4.69) is 22.3 Å². The molecule has 35 heavy (non-hydrogen) atoms. The fraction of sp³-hybridized carbons (Fsp3) is 0.444. The molecule has 2 aromatic rings. The van der Waals surface area contributed by atoms with Crippen LogP contribution in [0.4, 0.5) is 4.79 Å². The number of rotatable bonds is 8. The number of carbonyl (C=O) groups excluding carboxylic acids is 2. The number of hydrogen-bond donors (Lipinski definition) is 2. The number of carboxylic acid groups (broad SMARTS) is 1. The van der Waals surface area contributed by atoms with Crippen molar-refractivity contribution in [2.24, 2.45) is 0 Å². The molecule has 0 spiro atoms. The van der Waals surface area contributed by atoms with Gasteiger partial charge in [-0.05, 0) is 55.6 Å². The van der Waals surface area contributed by atoms with Gasteiger partial charge < -0.3 is 25.0 Å². The van der Waals surface area contributed by atoms with Crippen molar-refractivity contribution in [2.75, 3.05) is 33.8 Å². The number of hydrogen-bond acceptors (Lipinski definition) is 5. The molecule has 0 radical (unpaired) electrons. The van der Waals surface area contributed by atoms with E-state index in [1.807, 2.05) is 50.5 Å². The van der Waals surface area contributed by atoms with Gasteiger partial charge in [0.25, 0.3) is 0 Å². The molecule has 2 N–H and O–H groups in total. The quantitative estimate of drug-likeness (QED) is 0.603. The Hall–Kier alpha value is -3.39. The summed E-state index contributed by atoms with van der Waals surface area (Å²) < 4.78 is 5.59. The number of likely N-dealkylation sites (tertiary alicyclic amines) is 1. The lowest BCUT2D eigenvalue weighted by molar-refractivity contribution is -0.138. The summed E-state index contributed by atoms with van der Waals surface area (Å²) >= 11 is 0. The molecule has 0 saturated carbocycles. The zero-order chi connectivity index (χ0) is 24.9. The van der Waals surface area contributed by atoms with Crippen LogP contribution in [0.3, 0.4) is 0 Å². The molecule has 2 aromatic carbocycles. The summed E-state index contributed by atoms with van der Waals surface area (Å²) in [7, 11) is 4.05. The van der Waals surface area contributed by atoms with E-state index in [1.165, 1.54) is 0 Å². The number of amides is 2. The standard InChI is InChI=1S/C27H33N3O5/c1-29(2)18-13-15-30(16-14-18)26(33)24(11-12-25(31)32)28-27(34)35-17-23-21-9-5-3-7-19(21)20-8-4-6-10-22(20)23/h3-10,18,23-24H,11-17H2,1-2H3,(H,28,34)(H,31,32). The number of alkyl carbamates (subject to hydrolysis) is 1. The molecule has 2 aliphatic rings. The average Bonchev–Trinajstić information content (AvgIpc) is 3.18. The van der Waals surface area contributed by atoms with E-state index in [4.69, 9.17) is 9.84 Å². The number of piperidine rings is 1. The summed E-state index contributed by atoms with van der Waals surface area (Å²) in [6.07, 6.45) is 0.781. The van der Waals surface area contributed by atoms with Crippen LogP contribution in [0.2, 0.25) is 0 Å². The van der Waals surface area contributed by atoms with Crippen molar-refractivity contribution in [3.05, 3.63) is 59.7 Å². The van der Waals surface area contributed by atoms with E-state index in [0.29, 0.717) is 19.1 Å². The smallest absolute Gasteiger partial charge is 0.407 e. The van der Waals surface area contributed by atoms with Gasteiger partial charge in [-0.25, -0.2) is 4.79 Å². The Labute approximate surface area is 205 Å². The number of carbonyl (C=O) groups is 3. The Morgan fingerprint density at radius 1 is 1.03 bits per heavy atom. The van der Waals surface area contributed by atoms with E-state index in [-0.39, 0.29) is 31.3 Å². The van der Waals surface area contributed by atoms with Crippen LogP contribution in [0.25, 0.3) is 11.1 Å². The van der Waals surface area contributed by atoms with Gasteiger partial charge in [0.2, 0.25) is 5.91 Å². The highest BCUT2D eigenvalue weighted by Gasteiger charge is 2.32. The van der Waals surface area contributed by atoms with Crippen LogP contribution >= 0.6 is 0 Å². The van der Waals surface area contributed by atoms with Crippen molar-refractivity contribution in [3.8, 4) is 11.1 Å². The van der Waals surface area contributed by atoms with E-state index in [9.17, 15) is 14.4 Å². The molecule has 186 valence electrons. The first-order valence-electron chi connectivity index (χ1n) is 12.1. The highest BCUT2D eigenvalue weighted by molar-refractivity contribution is 5.86. The van der Waals surface area contributed by atoms with Crippen molar-refractivity contribution in [1.82, 2.24) is 15.1 Å². The first-order valence-corrected chi connectivity index (χ1v) is 12.1. The van der Waals surface area contributed by atoms with E-state index in [1.54, 1.807) is 4.90 Å². The van der Waals surface area contributed by atoms with Crippen molar-refractivity contribution in [3.63, 3.8) is 0 Å². The molecule has 1 saturated heterocycles. The monoisotopic (exact) mass is 479 g/mol. The molecule has 4 rings (SSSR count). The van der Waals surface area contributed by atoms with Gasteiger partial charge in [-0.2, -0.15) is 0 Å². The maximum Gasteiger partial charge on any atom is 0.407 e. The molecule has 8 nitrogen and oxygen atoms in total. The summed E-state index contributed by atoms with van der Waals surface area (Å²) in [6.45, 7) is 1.29. The van der Waals surface area contributed by atoms with Crippen molar-refractivity contribution < 1.29 is 24.2 Å². The van der Waals surface area contributed by atoms with Gasteiger partial charge in [-0.1, -0.05) is 48.5 Å². The zero-order valence-corrected chi connectivity index (χ0v) is 20.3. The van der Waals surface area contributed by atoms with Crippen LogP contribution in [0.1, 0.15) is 42.7 Å². The minimum Gasteiger partial charge on any atom is -0.481 e. The predicted octanol–water partition coefficient (Wildman–Crippen LogP) is 3.31. The second-order valence-electron chi connectivity index (χ2n) is 9.47. The lowest BCUT2D eigenvalue weighted by atomic mass is 9.98. The molecule has 0 bridgehead atoms. The number of ether oxygens (including phenoxy) is 1. The van der Waals surface area contributed by atoms with Gasteiger partial charge >= 0.3 is 12.1 Å². The van der Waals surface area contributed by atoms with Crippen molar-refractivity contribution in [2.45, 2.75) is 43.7 Å². The molecule has 2 amide bonds. The fourth-order valence-electron chi connectivity index (χ4n) is 5.13. The third-order valence-corrected chi connectivity index (χ3v) is 7.09. The highest BCUT2D eigenvalue weighted by atomic mass is 16.5. The van der Waals surface area contributed by atoms with Gasteiger partial charge in [0, 0.05) is 31.5 Å². The van der Waals surface area contributed by atoms with Crippen LogP contribution in [0, 0.1) is 0 Å². The van der Waals surface area contributed by atoms with Crippen LogP contribution in [0.15, 0.2) is 48.5 Å². The lowest BCUT2D eigenvalue weighted by Gasteiger charge is -2.36. The Kier molecular flexibility index (Phi) is 7.70. The van der Waals surface area contributed by atoms with Crippen LogP contribution < -0.4 is 5.32 Å². The molecule has 1 aliphatic heterocycles. The summed E-state index contributed by atoms with van der Waals surface area (Å²) in [6, 6.07) is 15.6. The molecule has 8 heteroatoms. The Morgan fingerprint density at radius 3 is 2.14 bits per heavy atom. The molecule has 1 unspecified atom stereocenters. The largest absolute Gasteiger partial charge is 0.481 e. The second-order valence-corrected chi connectivity index (χ2v) is 9.47. The third-order valence-electron chi connectivity index (χ3n) is 7.09. The molecular weight excluding hydrogens is 446 g/mol. The lowest BCUT2D eigenvalue weighted by Crippen LogP contribution is -2.52. The molecule has 0 aromatic heterocycles. The average molecular weight is 480 g/mol. The van der Waals surface area contributed by atoms with Gasteiger partial charge in [0.1, 0.15) is 12.6 Å². The van der Waals surface area contributed by atoms with Crippen molar-refractivity contribution in [1.29, 1.82) is 0 Å². The summed E-state index contributed by atoms with van der Waals surface area (Å²) in [4.78, 5) is 40.9. The zero-order valence-electron chi connectivity index (χ0n) is 20.3. The van der Waals surface area contributed by atoms with Gasteiger partial charge in [-0.15, -0.1) is 0 Å². The van der Waals surface area contributed by atoms with E-state index in [0.717, 1.165) is 35.1 Å². The molecule has 1 fully saturated rings. The first-order chi connectivity index (χ1) is 16.8. The summed E-state index contributed by atoms with van der Waals surface area (Å²) in [5.41, 5.74) is 4.47. The SMILES string of the molecule is CN(C)C1CCN(C(=O)C(CCC(=O)O)NC(=O)OCC2c3ccccc3-c3ccccc32)CC1. The van der Waals surface area contributed by atoms with Crippen molar-refractivity contribution >= 4 is 18.0 Å². The van der Waals surface area contributed by atoms with E-state index < -0.39 is 18.1 Å².